The Hall–Kier alpha value is -3.36. The molecular formula is C23H24N4O3S. The number of sulfonamides is 1. The first-order valence-electron chi connectivity index (χ1n) is 9.92. The summed E-state index contributed by atoms with van der Waals surface area (Å²) in [6, 6.07) is 20.8. The van der Waals surface area contributed by atoms with Crippen molar-refractivity contribution in [2.75, 3.05) is 13.1 Å². The number of nitrogens with zero attached hydrogens (tertiary/aromatic N) is 3. The minimum atomic E-state index is -3.67. The Morgan fingerprint density at radius 3 is 2.26 bits per heavy atom. The van der Waals surface area contributed by atoms with E-state index in [2.05, 4.69) is 15.5 Å². The summed E-state index contributed by atoms with van der Waals surface area (Å²) < 4.78 is 26.9. The van der Waals surface area contributed by atoms with E-state index in [0.29, 0.717) is 24.5 Å². The molecule has 1 N–H and O–H groups in total. The lowest BCUT2D eigenvalue weighted by atomic mass is 10.1. The van der Waals surface area contributed by atoms with Gasteiger partial charge in [-0.25, -0.2) is 13.8 Å². The molecule has 0 aliphatic rings. The number of carbonyl (C=O) groups excluding carboxylic acids is 1. The molecule has 0 bridgehead atoms. The molecule has 1 heterocycles. The van der Waals surface area contributed by atoms with Gasteiger partial charge in [0.15, 0.2) is 0 Å². The summed E-state index contributed by atoms with van der Waals surface area (Å²) in [5.41, 5.74) is 4.63. The number of carbonyl (C=O) groups is 1. The van der Waals surface area contributed by atoms with Crippen LogP contribution in [0.5, 0.6) is 0 Å². The molecule has 0 unspecified atom stereocenters. The predicted molar refractivity (Wildman–Crippen MR) is 120 cm³/mol. The van der Waals surface area contributed by atoms with Gasteiger partial charge in [-0.15, -0.1) is 0 Å². The standard InChI is InChI=1S/C23H24N4O3S/c1-3-27(4-2)31(29,30)20-14-10-13-19(17-20)23(28)26-25-22(18-11-6-5-7-12-18)21-15-8-9-16-24-21/h5-17H,3-4H2,1-2H3,(H,26,28)/b25-22+. The lowest BCUT2D eigenvalue weighted by Gasteiger charge is -2.18. The van der Waals surface area contributed by atoms with Crippen molar-refractivity contribution in [3.05, 3.63) is 95.8 Å². The quantitative estimate of drug-likeness (QED) is 0.433. The number of hydrogen-bond acceptors (Lipinski definition) is 5. The van der Waals surface area contributed by atoms with E-state index >= 15 is 0 Å². The zero-order valence-corrected chi connectivity index (χ0v) is 18.2. The third kappa shape index (κ3) is 5.22. The first-order valence-corrected chi connectivity index (χ1v) is 11.4. The van der Waals surface area contributed by atoms with Crippen LogP contribution in [0.25, 0.3) is 0 Å². The highest BCUT2D eigenvalue weighted by molar-refractivity contribution is 7.89. The molecule has 0 saturated carbocycles. The Labute approximate surface area is 182 Å². The third-order valence-electron chi connectivity index (χ3n) is 4.66. The Kier molecular flexibility index (Phi) is 7.28. The average molecular weight is 437 g/mol. The van der Waals surface area contributed by atoms with Crippen molar-refractivity contribution < 1.29 is 13.2 Å². The highest BCUT2D eigenvalue weighted by Crippen LogP contribution is 2.17. The van der Waals surface area contributed by atoms with Gasteiger partial charge >= 0.3 is 0 Å². The van der Waals surface area contributed by atoms with Crippen LogP contribution in [0.3, 0.4) is 0 Å². The lowest BCUT2D eigenvalue weighted by molar-refractivity contribution is 0.0954. The molecule has 2 aromatic carbocycles. The molecule has 3 rings (SSSR count). The summed E-state index contributed by atoms with van der Waals surface area (Å²) in [4.78, 5) is 17.1. The van der Waals surface area contributed by atoms with Gasteiger partial charge in [-0.1, -0.05) is 56.3 Å². The van der Waals surface area contributed by atoms with Crippen LogP contribution >= 0.6 is 0 Å². The maximum Gasteiger partial charge on any atom is 0.271 e. The van der Waals surface area contributed by atoms with E-state index in [1.165, 1.54) is 16.4 Å². The molecule has 0 aliphatic heterocycles. The van der Waals surface area contributed by atoms with E-state index in [0.717, 1.165) is 5.56 Å². The largest absolute Gasteiger partial charge is 0.271 e. The average Bonchev–Trinajstić information content (AvgIpc) is 2.81. The fourth-order valence-corrected chi connectivity index (χ4v) is 4.55. The molecule has 160 valence electrons. The molecule has 8 heteroatoms. The van der Waals surface area contributed by atoms with Gasteiger partial charge in [0.05, 0.1) is 10.6 Å². The smallest absolute Gasteiger partial charge is 0.267 e. The van der Waals surface area contributed by atoms with Crippen molar-refractivity contribution in [3.8, 4) is 0 Å². The summed E-state index contributed by atoms with van der Waals surface area (Å²) >= 11 is 0. The second-order valence-corrected chi connectivity index (χ2v) is 8.54. The van der Waals surface area contributed by atoms with Crippen LogP contribution in [0.2, 0.25) is 0 Å². The summed E-state index contributed by atoms with van der Waals surface area (Å²) in [5.74, 6) is -0.513. The third-order valence-corrected chi connectivity index (χ3v) is 6.71. The zero-order chi connectivity index (χ0) is 22.3. The number of nitrogens with one attached hydrogen (secondary N) is 1. The van der Waals surface area contributed by atoms with Gasteiger partial charge < -0.3 is 0 Å². The van der Waals surface area contributed by atoms with Crippen molar-refractivity contribution >= 4 is 21.6 Å². The predicted octanol–water partition coefficient (Wildman–Crippen LogP) is 3.29. The highest BCUT2D eigenvalue weighted by Gasteiger charge is 2.22. The Morgan fingerprint density at radius 2 is 1.61 bits per heavy atom. The van der Waals surface area contributed by atoms with Gasteiger partial charge in [0, 0.05) is 30.4 Å². The molecule has 3 aromatic rings. The van der Waals surface area contributed by atoms with Gasteiger partial charge in [-0.3, -0.25) is 9.78 Å². The molecule has 0 fully saturated rings. The number of pyridine rings is 1. The zero-order valence-electron chi connectivity index (χ0n) is 17.4. The van der Waals surface area contributed by atoms with Gasteiger partial charge in [0.2, 0.25) is 10.0 Å². The van der Waals surface area contributed by atoms with Crippen LogP contribution in [0.4, 0.5) is 0 Å². The highest BCUT2D eigenvalue weighted by atomic mass is 32.2. The van der Waals surface area contributed by atoms with E-state index in [9.17, 15) is 13.2 Å². The number of benzene rings is 2. The Balaban J connectivity index is 1.91. The van der Waals surface area contributed by atoms with Crippen LogP contribution in [0.15, 0.2) is 89.0 Å². The number of aromatic nitrogens is 1. The van der Waals surface area contributed by atoms with E-state index in [4.69, 9.17) is 0 Å². The molecule has 0 aliphatic carbocycles. The van der Waals surface area contributed by atoms with E-state index in [-0.39, 0.29) is 10.5 Å². The molecule has 1 amide bonds. The minimum Gasteiger partial charge on any atom is -0.267 e. The molecule has 0 atom stereocenters. The van der Waals surface area contributed by atoms with Gasteiger partial charge in [-0.05, 0) is 30.3 Å². The second kappa shape index (κ2) is 10.1. The number of hydrogen-bond donors (Lipinski definition) is 1. The van der Waals surface area contributed by atoms with Crippen LogP contribution < -0.4 is 5.43 Å². The van der Waals surface area contributed by atoms with Crippen molar-refractivity contribution in [2.24, 2.45) is 5.10 Å². The maximum atomic E-state index is 12.8. The first kappa shape index (κ1) is 22.3. The fraction of sp³-hybridized carbons (Fsp3) is 0.174. The van der Waals surface area contributed by atoms with Crippen LogP contribution in [0, 0.1) is 0 Å². The molecule has 0 spiro atoms. The second-order valence-electron chi connectivity index (χ2n) is 6.60. The fourth-order valence-electron chi connectivity index (χ4n) is 3.05. The van der Waals surface area contributed by atoms with Gasteiger partial charge in [-0.2, -0.15) is 9.41 Å². The molecule has 0 radical (unpaired) electrons. The van der Waals surface area contributed by atoms with E-state index in [1.54, 1.807) is 44.3 Å². The maximum absolute atomic E-state index is 12.8. The number of rotatable bonds is 8. The van der Waals surface area contributed by atoms with Gasteiger partial charge in [0.1, 0.15) is 5.71 Å². The summed E-state index contributed by atoms with van der Waals surface area (Å²) in [6.07, 6.45) is 1.65. The summed E-state index contributed by atoms with van der Waals surface area (Å²) in [7, 11) is -3.67. The summed E-state index contributed by atoms with van der Waals surface area (Å²) in [5, 5.41) is 4.29. The van der Waals surface area contributed by atoms with E-state index < -0.39 is 15.9 Å². The Bertz CT molecular complexity index is 1120. The monoisotopic (exact) mass is 436 g/mol. The van der Waals surface area contributed by atoms with Crippen molar-refractivity contribution in [1.82, 2.24) is 14.7 Å². The van der Waals surface area contributed by atoms with E-state index in [1.807, 2.05) is 36.4 Å². The number of hydrazone groups is 1. The van der Waals surface area contributed by atoms with Crippen LogP contribution in [-0.2, 0) is 10.0 Å². The lowest BCUT2D eigenvalue weighted by Crippen LogP contribution is -2.31. The van der Waals surface area contributed by atoms with Crippen molar-refractivity contribution in [3.63, 3.8) is 0 Å². The minimum absolute atomic E-state index is 0.0702. The Morgan fingerprint density at radius 1 is 0.935 bits per heavy atom. The summed E-state index contributed by atoms with van der Waals surface area (Å²) in [6.45, 7) is 4.25. The molecule has 1 aromatic heterocycles. The SMILES string of the molecule is CCN(CC)S(=O)(=O)c1cccc(C(=O)N/N=C(\c2ccccc2)c2ccccn2)c1. The van der Waals surface area contributed by atoms with Crippen molar-refractivity contribution in [2.45, 2.75) is 18.7 Å². The van der Waals surface area contributed by atoms with Crippen LogP contribution in [-0.4, -0.2) is 42.4 Å². The van der Waals surface area contributed by atoms with Crippen LogP contribution in [0.1, 0.15) is 35.5 Å². The molecule has 0 saturated heterocycles. The van der Waals surface area contributed by atoms with Crippen molar-refractivity contribution in [1.29, 1.82) is 0 Å². The first-order chi connectivity index (χ1) is 15.0. The number of amides is 1. The topological polar surface area (TPSA) is 91.7 Å². The molecule has 7 nitrogen and oxygen atoms in total. The molecular weight excluding hydrogens is 412 g/mol. The van der Waals surface area contributed by atoms with Gasteiger partial charge in [0.25, 0.3) is 5.91 Å². The normalized spacial score (nSPS) is 12.0. The molecule has 31 heavy (non-hydrogen) atoms.